The molecule has 0 radical (unpaired) electrons. The van der Waals surface area contributed by atoms with Gasteiger partial charge in [0.1, 0.15) is 11.9 Å². The van der Waals surface area contributed by atoms with Gasteiger partial charge in [-0.1, -0.05) is 23.7 Å². The summed E-state index contributed by atoms with van der Waals surface area (Å²) in [5.41, 5.74) is 0. The van der Waals surface area contributed by atoms with Gasteiger partial charge in [0.05, 0.1) is 30.9 Å². The van der Waals surface area contributed by atoms with Gasteiger partial charge in [-0.05, 0) is 39.3 Å². The number of hydrogen-bond acceptors (Lipinski definition) is 4. The van der Waals surface area contributed by atoms with Crippen LogP contribution >= 0.6 is 35.6 Å². The van der Waals surface area contributed by atoms with E-state index in [0.29, 0.717) is 30.5 Å². The molecule has 3 atom stereocenters. The number of benzene rings is 1. The predicted octanol–water partition coefficient (Wildman–Crippen LogP) is 3.47. The van der Waals surface area contributed by atoms with Crippen LogP contribution in [0.5, 0.6) is 5.75 Å². The maximum atomic E-state index is 6.13. The second-order valence-electron chi connectivity index (χ2n) is 6.44. The number of hydrogen-bond donors (Lipinski definition) is 2. The zero-order valence-corrected chi connectivity index (χ0v) is 19.3. The minimum absolute atomic E-state index is 0. The number of guanidine groups is 1. The lowest BCUT2D eigenvalue weighted by Gasteiger charge is -2.20. The Labute approximate surface area is 184 Å². The fraction of sp³-hybridized carbons (Fsp3) is 0.632. The highest BCUT2D eigenvalue weighted by atomic mass is 127. The monoisotopic (exact) mass is 511 g/mol. The van der Waals surface area contributed by atoms with Crippen LogP contribution in [0.3, 0.4) is 0 Å². The molecular weight excluding hydrogens is 481 g/mol. The van der Waals surface area contributed by atoms with E-state index in [9.17, 15) is 0 Å². The number of ether oxygens (including phenoxy) is 3. The van der Waals surface area contributed by atoms with Crippen molar-refractivity contribution < 1.29 is 14.2 Å². The quantitative estimate of drug-likeness (QED) is 0.302. The van der Waals surface area contributed by atoms with Crippen molar-refractivity contribution in [2.45, 2.75) is 45.4 Å². The van der Waals surface area contributed by atoms with Crippen molar-refractivity contribution in [3.63, 3.8) is 0 Å². The Kier molecular flexibility index (Phi) is 12.1. The Morgan fingerprint density at radius 3 is 2.81 bits per heavy atom. The molecule has 154 valence electrons. The number of aliphatic imine (C=N–C) groups is 1. The van der Waals surface area contributed by atoms with Gasteiger partial charge in [-0.3, -0.25) is 0 Å². The summed E-state index contributed by atoms with van der Waals surface area (Å²) in [5, 5.41) is 7.22. The molecule has 1 saturated heterocycles. The second-order valence-corrected chi connectivity index (χ2v) is 6.85. The fourth-order valence-electron chi connectivity index (χ4n) is 2.53. The summed E-state index contributed by atoms with van der Waals surface area (Å²) in [4.78, 5) is 4.61. The van der Waals surface area contributed by atoms with Crippen molar-refractivity contribution in [1.29, 1.82) is 0 Å². The largest absolute Gasteiger partial charge is 0.487 e. The molecule has 0 spiro atoms. The van der Waals surface area contributed by atoms with E-state index in [1.54, 1.807) is 0 Å². The minimum atomic E-state index is -0.0902. The van der Waals surface area contributed by atoms with Crippen LogP contribution in [-0.4, -0.2) is 57.1 Å². The first-order chi connectivity index (χ1) is 12.6. The molecule has 0 amide bonds. The average Bonchev–Trinajstić information content (AvgIpc) is 3.14. The van der Waals surface area contributed by atoms with Crippen LogP contribution < -0.4 is 15.4 Å². The van der Waals surface area contributed by atoms with E-state index in [2.05, 4.69) is 22.5 Å². The highest BCUT2D eigenvalue weighted by molar-refractivity contribution is 14.0. The molecular formula is C19H31ClIN3O3. The maximum Gasteiger partial charge on any atom is 0.191 e. The summed E-state index contributed by atoms with van der Waals surface area (Å²) in [6.45, 7) is 9.50. The number of halogens is 2. The predicted molar refractivity (Wildman–Crippen MR) is 121 cm³/mol. The summed E-state index contributed by atoms with van der Waals surface area (Å²) in [5.74, 6) is 1.43. The smallest absolute Gasteiger partial charge is 0.191 e. The standard InChI is InChI=1S/C19H30ClN3O3.HI/c1-4-21-19(23-14(2)12-25-16-9-10-24-13-16)22-11-15(3)26-18-8-6-5-7-17(18)20;/h5-8,14-16H,4,9-13H2,1-3H3,(H2,21,22,23);1H. The topological polar surface area (TPSA) is 64.1 Å². The van der Waals surface area contributed by atoms with Crippen LogP contribution in [-0.2, 0) is 9.47 Å². The van der Waals surface area contributed by atoms with E-state index >= 15 is 0 Å². The van der Waals surface area contributed by atoms with E-state index in [0.717, 1.165) is 25.5 Å². The molecule has 8 heteroatoms. The summed E-state index contributed by atoms with van der Waals surface area (Å²) < 4.78 is 17.0. The molecule has 0 bridgehead atoms. The number of nitrogens with zero attached hydrogens (tertiary/aromatic N) is 1. The molecule has 0 aromatic heterocycles. The third kappa shape index (κ3) is 9.32. The summed E-state index contributed by atoms with van der Waals surface area (Å²) >= 11 is 6.13. The van der Waals surface area contributed by atoms with Gasteiger partial charge in [0.15, 0.2) is 5.96 Å². The van der Waals surface area contributed by atoms with E-state index in [-0.39, 0.29) is 42.2 Å². The zero-order valence-electron chi connectivity index (χ0n) is 16.2. The van der Waals surface area contributed by atoms with Gasteiger partial charge < -0.3 is 24.8 Å². The Balaban J connectivity index is 0.00000364. The molecule has 27 heavy (non-hydrogen) atoms. The van der Waals surface area contributed by atoms with Gasteiger partial charge in [-0.25, -0.2) is 4.99 Å². The van der Waals surface area contributed by atoms with Crippen LogP contribution in [0, 0.1) is 0 Å². The molecule has 2 rings (SSSR count). The zero-order chi connectivity index (χ0) is 18.8. The van der Waals surface area contributed by atoms with E-state index in [1.807, 2.05) is 38.1 Å². The molecule has 1 aliphatic heterocycles. The molecule has 6 nitrogen and oxygen atoms in total. The SMILES string of the molecule is CCNC(=NCC(C)Oc1ccccc1Cl)NC(C)COC1CCOC1.I. The van der Waals surface area contributed by atoms with E-state index in [4.69, 9.17) is 25.8 Å². The molecule has 3 unspecified atom stereocenters. The molecule has 1 heterocycles. The molecule has 0 aliphatic carbocycles. The molecule has 1 fully saturated rings. The second kappa shape index (κ2) is 13.4. The highest BCUT2D eigenvalue weighted by Gasteiger charge is 2.17. The van der Waals surface area contributed by atoms with Crippen LogP contribution in [0.1, 0.15) is 27.2 Å². The number of nitrogens with one attached hydrogen (secondary N) is 2. The van der Waals surface area contributed by atoms with Crippen molar-refractivity contribution in [2.75, 3.05) is 32.9 Å². The minimum Gasteiger partial charge on any atom is -0.487 e. The first kappa shape index (κ1) is 24.3. The Hall–Kier alpha value is -0.770. The summed E-state index contributed by atoms with van der Waals surface area (Å²) in [7, 11) is 0. The molecule has 1 aromatic carbocycles. The fourth-order valence-corrected chi connectivity index (χ4v) is 2.71. The van der Waals surface area contributed by atoms with Gasteiger partial charge in [0.25, 0.3) is 0 Å². The summed E-state index contributed by atoms with van der Waals surface area (Å²) in [6.07, 6.45) is 1.09. The normalized spacial score (nSPS) is 19.1. The number of rotatable bonds is 9. The first-order valence-corrected chi connectivity index (χ1v) is 9.61. The third-order valence-electron chi connectivity index (χ3n) is 3.87. The summed E-state index contributed by atoms with van der Waals surface area (Å²) in [6, 6.07) is 7.60. The molecule has 0 saturated carbocycles. The van der Waals surface area contributed by atoms with Crippen LogP contribution in [0.2, 0.25) is 5.02 Å². The molecule has 1 aromatic rings. The van der Waals surface area contributed by atoms with Crippen molar-refractivity contribution in [3.05, 3.63) is 29.3 Å². The molecule has 1 aliphatic rings. The lowest BCUT2D eigenvalue weighted by atomic mass is 10.3. The van der Waals surface area contributed by atoms with Gasteiger partial charge in [-0.15, -0.1) is 24.0 Å². The number of para-hydroxylation sites is 1. The average molecular weight is 512 g/mol. The van der Waals surface area contributed by atoms with Crippen molar-refractivity contribution >= 4 is 41.5 Å². The van der Waals surface area contributed by atoms with E-state index < -0.39 is 0 Å². The van der Waals surface area contributed by atoms with Crippen LogP contribution in [0.15, 0.2) is 29.3 Å². The van der Waals surface area contributed by atoms with E-state index in [1.165, 1.54) is 0 Å². The van der Waals surface area contributed by atoms with Crippen molar-refractivity contribution in [3.8, 4) is 5.75 Å². The van der Waals surface area contributed by atoms with Crippen LogP contribution in [0.4, 0.5) is 0 Å². The maximum absolute atomic E-state index is 6.13. The van der Waals surface area contributed by atoms with Gasteiger partial charge in [-0.2, -0.15) is 0 Å². The van der Waals surface area contributed by atoms with Crippen LogP contribution in [0.25, 0.3) is 0 Å². The van der Waals surface area contributed by atoms with Gasteiger partial charge in [0, 0.05) is 19.2 Å². The van der Waals surface area contributed by atoms with Gasteiger partial charge in [0.2, 0.25) is 0 Å². The van der Waals surface area contributed by atoms with Crippen molar-refractivity contribution in [1.82, 2.24) is 10.6 Å². The first-order valence-electron chi connectivity index (χ1n) is 9.23. The third-order valence-corrected chi connectivity index (χ3v) is 4.18. The Morgan fingerprint density at radius 1 is 1.37 bits per heavy atom. The molecule has 2 N–H and O–H groups in total. The van der Waals surface area contributed by atoms with Crippen molar-refractivity contribution in [2.24, 2.45) is 4.99 Å². The Bertz CT molecular complexity index is 571. The lowest BCUT2D eigenvalue weighted by molar-refractivity contribution is 0.0347. The lowest BCUT2D eigenvalue weighted by Crippen LogP contribution is -2.45. The highest BCUT2D eigenvalue weighted by Crippen LogP contribution is 2.24. The Morgan fingerprint density at radius 2 is 2.15 bits per heavy atom. The van der Waals surface area contributed by atoms with Gasteiger partial charge >= 0.3 is 0 Å².